The molecule has 0 aliphatic carbocycles. The number of benzene rings is 1. The van der Waals surface area contributed by atoms with Crippen molar-refractivity contribution in [2.24, 2.45) is 0 Å². The summed E-state index contributed by atoms with van der Waals surface area (Å²) in [6, 6.07) is 0.988. The van der Waals surface area contributed by atoms with Crippen molar-refractivity contribution in [3.05, 3.63) is 28.8 Å². The quantitative estimate of drug-likeness (QED) is 0.731. The van der Waals surface area contributed by atoms with E-state index in [1.807, 2.05) is 6.92 Å². The number of hydrogen-bond acceptors (Lipinski definition) is 2. The van der Waals surface area contributed by atoms with Crippen LogP contribution in [0.2, 0.25) is 5.02 Å². The smallest absolute Gasteiger partial charge is 0.319 e. The van der Waals surface area contributed by atoms with Gasteiger partial charge in [-0.15, -0.1) is 0 Å². The van der Waals surface area contributed by atoms with E-state index in [-0.39, 0.29) is 17.3 Å². The van der Waals surface area contributed by atoms with Gasteiger partial charge in [0.25, 0.3) is 0 Å². The van der Waals surface area contributed by atoms with Crippen LogP contribution < -0.4 is 10.6 Å². The largest absolute Gasteiger partial charge is 0.393 e. The van der Waals surface area contributed by atoms with Crippen LogP contribution >= 0.6 is 11.6 Å². The maximum Gasteiger partial charge on any atom is 0.319 e. The van der Waals surface area contributed by atoms with E-state index in [0.29, 0.717) is 12.8 Å². The van der Waals surface area contributed by atoms with Gasteiger partial charge in [-0.05, 0) is 18.9 Å². The van der Waals surface area contributed by atoms with Crippen LogP contribution in [0.3, 0.4) is 0 Å². The molecule has 4 nitrogen and oxygen atoms in total. The van der Waals surface area contributed by atoms with Crippen molar-refractivity contribution in [1.29, 1.82) is 0 Å². The number of carbonyl (C=O) groups excluding carboxylic acids is 1. The molecule has 0 aliphatic heterocycles. The number of halogens is 3. The van der Waals surface area contributed by atoms with Gasteiger partial charge in [0, 0.05) is 12.6 Å². The number of amides is 2. The van der Waals surface area contributed by atoms with Gasteiger partial charge in [-0.3, -0.25) is 0 Å². The first-order valence-corrected chi connectivity index (χ1v) is 6.19. The fourth-order valence-corrected chi connectivity index (χ4v) is 1.54. The zero-order valence-corrected chi connectivity index (χ0v) is 11.1. The zero-order chi connectivity index (χ0) is 14.4. The molecule has 1 aromatic carbocycles. The minimum Gasteiger partial charge on any atom is -0.393 e. The Kier molecular flexibility index (Phi) is 5.98. The second-order valence-electron chi connectivity index (χ2n) is 3.98. The molecule has 0 bridgehead atoms. The highest BCUT2D eigenvalue weighted by Crippen LogP contribution is 2.24. The molecule has 1 atom stereocenters. The maximum atomic E-state index is 13.0. The molecule has 0 aliphatic rings. The Morgan fingerprint density at radius 2 is 2.05 bits per heavy atom. The molecule has 0 saturated heterocycles. The lowest BCUT2D eigenvalue weighted by atomic mass is 10.2. The third-order valence-corrected chi connectivity index (χ3v) is 2.81. The highest BCUT2D eigenvalue weighted by atomic mass is 35.5. The monoisotopic (exact) mass is 292 g/mol. The van der Waals surface area contributed by atoms with Crippen molar-refractivity contribution in [2.75, 3.05) is 11.9 Å². The van der Waals surface area contributed by atoms with Crippen molar-refractivity contribution >= 4 is 23.3 Å². The van der Waals surface area contributed by atoms with E-state index < -0.39 is 23.8 Å². The van der Waals surface area contributed by atoms with Crippen LogP contribution in [0, 0.1) is 11.6 Å². The predicted molar refractivity (Wildman–Crippen MR) is 69.3 cm³/mol. The SMILES string of the molecule is CC[C@@H](O)CCNC(=O)Nc1cc(F)c(F)cc1Cl. The second-order valence-corrected chi connectivity index (χ2v) is 4.39. The predicted octanol–water partition coefficient (Wildman–Crippen LogP) is 2.90. The van der Waals surface area contributed by atoms with E-state index in [4.69, 9.17) is 11.6 Å². The van der Waals surface area contributed by atoms with E-state index in [0.717, 1.165) is 12.1 Å². The molecule has 0 aromatic heterocycles. The van der Waals surface area contributed by atoms with Gasteiger partial charge in [-0.1, -0.05) is 18.5 Å². The molecular formula is C12H15ClF2N2O2. The number of urea groups is 1. The van der Waals surface area contributed by atoms with E-state index in [2.05, 4.69) is 10.6 Å². The fraction of sp³-hybridized carbons (Fsp3) is 0.417. The van der Waals surface area contributed by atoms with E-state index in [9.17, 15) is 18.7 Å². The molecule has 0 radical (unpaired) electrons. The van der Waals surface area contributed by atoms with Gasteiger partial charge in [-0.2, -0.15) is 0 Å². The summed E-state index contributed by atoms with van der Waals surface area (Å²) in [5, 5.41) is 14.0. The Labute approximate surface area is 114 Å². The van der Waals surface area contributed by atoms with E-state index in [1.165, 1.54) is 0 Å². The van der Waals surface area contributed by atoms with Gasteiger partial charge >= 0.3 is 6.03 Å². The summed E-state index contributed by atoms with van der Waals surface area (Å²) in [5.74, 6) is -2.18. The van der Waals surface area contributed by atoms with Crippen molar-refractivity contribution in [3.8, 4) is 0 Å². The molecule has 3 N–H and O–H groups in total. The first kappa shape index (κ1) is 15.7. The highest BCUT2D eigenvalue weighted by Gasteiger charge is 2.11. The standard InChI is InChI=1S/C12H15ClF2N2O2/c1-2-7(18)3-4-16-12(19)17-11-6-10(15)9(14)5-8(11)13/h5-7,18H,2-4H2,1H3,(H2,16,17,19)/t7-/m1/s1. The number of hydrogen-bond donors (Lipinski definition) is 3. The van der Waals surface area contributed by atoms with Crippen LogP contribution in [0.1, 0.15) is 19.8 Å². The van der Waals surface area contributed by atoms with Crippen molar-refractivity contribution in [1.82, 2.24) is 5.32 Å². The van der Waals surface area contributed by atoms with Crippen LogP contribution in [-0.2, 0) is 0 Å². The molecule has 106 valence electrons. The van der Waals surface area contributed by atoms with Crippen LogP contribution in [-0.4, -0.2) is 23.8 Å². The molecule has 0 heterocycles. The van der Waals surface area contributed by atoms with Crippen molar-refractivity contribution in [2.45, 2.75) is 25.9 Å². The fourth-order valence-electron chi connectivity index (χ4n) is 1.34. The first-order valence-electron chi connectivity index (χ1n) is 5.81. The van der Waals surface area contributed by atoms with Crippen LogP contribution in [0.5, 0.6) is 0 Å². The molecule has 19 heavy (non-hydrogen) atoms. The molecule has 1 aromatic rings. The topological polar surface area (TPSA) is 61.4 Å². The van der Waals surface area contributed by atoms with Crippen LogP contribution in [0.25, 0.3) is 0 Å². The van der Waals surface area contributed by atoms with E-state index in [1.54, 1.807) is 0 Å². The number of rotatable bonds is 5. The second kappa shape index (κ2) is 7.25. The molecule has 1 rings (SSSR count). The van der Waals surface area contributed by atoms with Gasteiger partial charge in [0.05, 0.1) is 16.8 Å². The van der Waals surface area contributed by atoms with Gasteiger partial charge in [0.1, 0.15) is 0 Å². The lowest BCUT2D eigenvalue weighted by Crippen LogP contribution is -2.31. The Bertz CT molecular complexity index is 458. The third-order valence-electron chi connectivity index (χ3n) is 2.49. The number of nitrogens with one attached hydrogen (secondary N) is 2. The maximum absolute atomic E-state index is 13.0. The van der Waals surface area contributed by atoms with Crippen molar-refractivity contribution < 1.29 is 18.7 Å². The normalized spacial score (nSPS) is 12.1. The third kappa shape index (κ3) is 5.00. The lowest BCUT2D eigenvalue weighted by molar-refractivity contribution is 0.160. The number of aliphatic hydroxyl groups is 1. The highest BCUT2D eigenvalue weighted by molar-refractivity contribution is 6.33. The Morgan fingerprint density at radius 1 is 1.42 bits per heavy atom. The average molecular weight is 293 g/mol. The number of aliphatic hydroxyl groups excluding tert-OH is 1. The molecule has 7 heteroatoms. The molecule has 0 saturated carbocycles. The summed E-state index contributed by atoms with van der Waals surface area (Å²) in [6.07, 6.45) is 0.528. The van der Waals surface area contributed by atoms with E-state index >= 15 is 0 Å². The summed E-state index contributed by atoms with van der Waals surface area (Å²) >= 11 is 5.66. The van der Waals surface area contributed by atoms with Crippen LogP contribution in [0.15, 0.2) is 12.1 Å². The molecule has 2 amide bonds. The Hall–Kier alpha value is -1.40. The summed E-state index contributed by atoms with van der Waals surface area (Å²) in [7, 11) is 0. The number of carbonyl (C=O) groups is 1. The minimum absolute atomic E-state index is 0.0193. The zero-order valence-electron chi connectivity index (χ0n) is 10.3. The Morgan fingerprint density at radius 3 is 2.68 bits per heavy atom. The first-order chi connectivity index (χ1) is 8.93. The van der Waals surface area contributed by atoms with Gasteiger partial charge in [-0.25, -0.2) is 13.6 Å². The summed E-state index contributed by atoms with van der Waals surface area (Å²) in [4.78, 5) is 11.5. The summed E-state index contributed by atoms with van der Waals surface area (Å²) in [6.45, 7) is 2.09. The Balaban J connectivity index is 2.51. The lowest BCUT2D eigenvalue weighted by Gasteiger charge is -2.11. The number of anilines is 1. The molecule has 0 spiro atoms. The van der Waals surface area contributed by atoms with Gasteiger partial charge < -0.3 is 15.7 Å². The summed E-state index contributed by atoms with van der Waals surface area (Å²) in [5.41, 5.74) is -0.0193. The van der Waals surface area contributed by atoms with Gasteiger partial charge in [0.2, 0.25) is 0 Å². The van der Waals surface area contributed by atoms with Crippen LogP contribution in [0.4, 0.5) is 19.3 Å². The summed E-state index contributed by atoms with van der Waals surface area (Å²) < 4.78 is 25.8. The minimum atomic E-state index is -1.10. The molecule has 0 unspecified atom stereocenters. The average Bonchev–Trinajstić information content (AvgIpc) is 2.35. The van der Waals surface area contributed by atoms with Gasteiger partial charge in [0.15, 0.2) is 11.6 Å². The molecule has 0 fully saturated rings. The molecular weight excluding hydrogens is 278 g/mol. The van der Waals surface area contributed by atoms with Crippen molar-refractivity contribution in [3.63, 3.8) is 0 Å².